The molecule has 0 saturated heterocycles. The van der Waals surface area contributed by atoms with Crippen LogP contribution in [0.5, 0.6) is 0 Å². The number of allylic oxidation sites excluding steroid dienone is 5. The van der Waals surface area contributed by atoms with Crippen molar-refractivity contribution in [2.24, 2.45) is 28.1 Å². The van der Waals surface area contributed by atoms with Gasteiger partial charge in [-0.1, -0.05) is 51.0 Å². The molecule has 0 aromatic carbocycles. The van der Waals surface area contributed by atoms with Crippen molar-refractivity contribution in [1.82, 2.24) is 0 Å². The summed E-state index contributed by atoms with van der Waals surface area (Å²) in [7, 11) is 0. The van der Waals surface area contributed by atoms with Crippen molar-refractivity contribution in [3.63, 3.8) is 0 Å². The Balaban J connectivity index is 1.55. The van der Waals surface area contributed by atoms with E-state index in [1.165, 1.54) is 37.7 Å². The molecule has 3 heteroatoms. The van der Waals surface area contributed by atoms with Crippen LogP contribution in [0.25, 0.3) is 0 Å². The van der Waals surface area contributed by atoms with Gasteiger partial charge >= 0.3 is 0 Å². The summed E-state index contributed by atoms with van der Waals surface area (Å²) in [5.41, 5.74) is 7.24. The summed E-state index contributed by atoms with van der Waals surface area (Å²) in [6, 6.07) is 0. The van der Waals surface area contributed by atoms with Crippen molar-refractivity contribution >= 4 is 0 Å². The Bertz CT molecular complexity index is 875. The first kappa shape index (κ1) is 27.1. The highest BCUT2D eigenvalue weighted by molar-refractivity contribution is 5.50. The topological polar surface area (TPSA) is 27.7 Å². The van der Waals surface area contributed by atoms with Gasteiger partial charge in [-0.2, -0.15) is 0 Å². The summed E-state index contributed by atoms with van der Waals surface area (Å²) >= 11 is 0. The van der Waals surface area contributed by atoms with Crippen molar-refractivity contribution < 1.29 is 14.2 Å². The van der Waals surface area contributed by atoms with E-state index in [9.17, 15) is 0 Å². The van der Waals surface area contributed by atoms with Gasteiger partial charge in [0.05, 0.1) is 18.8 Å². The van der Waals surface area contributed by atoms with Crippen LogP contribution >= 0.6 is 0 Å². The monoisotopic (exact) mass is 484 g/mol. The quantitative estimate of drug-likeness (QED) is 0.256. The first-order chi connectivity index (χ1) is 16.4. The molecule has 0 bridgehead atoms. The zero-order valence-electron chi connectivity index (χ0n) is 24.1. The fraction of sp³-hybridized carbons (Fsp3) is 0.812. The van der Waals surface area contributed by atoms with E-state index in [0.717, 1.165) is 19.4 Å². The van der Waals surface area contributed by atoms with E-state index in [4.69, 9.17) is 14.2 Å². The average Bonchev–Trinajstić information content (AvgIpc) is 3.13. The predicted molar refractivity (Wildman–Crippen MR) is 145 cm³/mol. The van der Waals surface area contributed by atoms with Gasteiger partial charge in [0.15, 0.2) is 6.29 Å². The summed E-state index contributed by atoms with van der Waals surface area (Å²) in [5.74, 6) is 1.25. The van der Waals surface area contributed by atoms with Crippen molar-refractivity contribution in [3.8, 4) is 0 Å². The van der Waals surface area contributed by atoms with Gasteiger partial charge < -0.3 is 14.2 Å². The Kier molecular flexibility index (Phi) is 7.84. The fourth-order valence-corrected chi connectivity index (χ4v) is 8.64. The van der Waals surface area contributed by atoms with Gasteiger partial charge in [0.1, 0.15) is 0 Å². The SMILES string of the molecule is CCOC(C)OC1CCC2(C)C3=C(CCC2C1(C)C)C1=CCC(C(C)OCC=C(C)C)C1(C)CC3. The minimum atomic E-state index is -0.121. The second kappa shape index (κ2) is 10.1. The van der Waals surface area contributed by atoms with Crippen LogP contribution < -0.4 is 0 Å². The number of rotatable bonds is 8. The first-order valence-electron chi connectivity index (χ1n) is 14.4. The van der Waals surface area contributed by atoms with Crippen LogP contribution in [0.15, 0.2) is 34.4 Å². The van der Waals surface area contributed by atoms with Crippen molar-refractivity contribution in [1.29, 1.82) is 0 Å². The Morgan fingerprint density at radius 3 is 2.46 bits per heavy atom. The van der Waals surface area contributed by atoms with E-state index in [-0.39, 0.29) is 34.7 Å². The molecule has 1 fully saturated rings. The zero-order valence-corrected chi connectivity index (χ0v) is 24.1. The summed E-state index contributed by atoms with van der Waals surface area (Å²) in [4.78, 5) is 0. The minimum Gasteiger partial charge on any atom is -0.374 e. The predicted octanol–water partition coefficient (Wildman–Crippen LogP) is 8.40. The summed E-state index contributed by atoms with van der Waals surface area (Å²) in [5, 5.41) is 0. The lowest BCUT2D eigenvalue weighted by Crippen LogP contribution is -2.54. The maximum atomic E-state index is 6.48. The molecule has 7 unspecified atom stereocenters. The maximum absolute atomic E-state index is 6.48. The van der Waals surface area contributed by atoms with Crippen LogP contribution in [0, 0.1) is 28.1 Å². The van der Waals surface area contributed by atoms with Crippen molar-refractivity contribution in [3.05, 3.63) is 34.4 Å². The normalized spacial score (nSPS) is 37.6. The molecule has 35 heavy (non-hydrogen) atoms. The molecule has 7 atom stereocenters. The maximum Gasteiger partial charge on any atom is 0.155 e. The lowest BCUT2D eigenvalue weighted by molar-refractivity contribution is -0.214. The third-order valence-electron chi connectivity index (χ3n) is 10.6. The molecule has 0 aliphatic heterocycles. The van der Waals surface area contributed by atoms with Gasteiger partial charge in [0, 0.05) is 6.61 Å². The van der Waals surface area contributed by atoms with Crippen molar-refractivity contribution in [2.75, 3.05) is 13.2 Å². The van der Waals surface area contributed by atoms with E-state index >= 15 is 0 Å². The molecule has 0 N–H and O–H groups in total. The van der Waals surface area contributed by atoms with Gasteiger partial charge in [-0.3, -0.25) is 0 Å². The Labute approximate surface area is 215 Å². The van der Waals surface area contributed by atoms with Gasteiger partial charge in [-0.15, -0.1) is 0 Å². The van der Waals surface area contributed by atoms with Crippen LogP contribution in [0.4, 0.5) is 0 Å². The lowest BCUT2D eigenvalue weighted by atomic mass is 9.46. The molecule has 4 aliphatic carbocycles. The smallest absolute Gasteiger partial charge is 0.155 e. The molecule has 4 rings (SSSR count). The van der Waals surface area contributed by atoms with Gasteiger partial charge in [-0.25, -0.2) is 0 Å². The molecule has 0 amide bonds. The molecule has 3 nitrogen and oxygen atoms in total. The van der Waals surface area contributed by atoms with Crippen LogP contribution in [0.2, 0.25) is 0 Å². The fourth-order valence-electron chi connectivity index (χ4n) is 8.64. The van der Waals surface area contributed by atoms with Crippen LogP contribution in [0.3, 0.4) is 0 Å². The van der Waals surface area contributed by atoms with Crippen LogP contribution in [-0.4, -0.2) is 31.7 Å². The molecule has 0 aromatic rings. The third kappa shape index (κ3) is 4.75. The molecular weight excluding hydrogens is 432 g/mol. The molecule has 4 aliphatic rings. The Hall–Kier alpha value is -0.900. The number of fused-ring (bicyclic) bond motifs is 4. The molecule has 0 aromatic heterocycles. The molecule has 0 radical (unpaired) electrons. The molecule has 1 saturated carbocycles. The van der Waals surface area contributed by atoms with E-state index in [0.29, 0.717) is 18.4 Å². The summed E-state index contributed by atoms with van der Waals surface area (Å²) in [6.45, 7) is 22.2. The second-order valence-corrected chi connectivity index (χ2v) is 13.2. The zero-order chi connectivity index (χ0) is 25.6. The van der Waals surface area contributed by atoms with Gasteiger partial charge in [0.25, 0.3) is 0 Å². The van der Waals surface area contributed by atoms with E-state index in [1.807, 2.05) is 6.92 Å². The van der Waals surface area contributed by atoms with E-state index in [2.05, 4.69) is 67.5 Å². The lowest BCUT2D eigenvalue weighted by Gasteiger charge is -2.60. The highest BCUT2D eigenvalue weighted by Gasteiger charge is 2.58. The molecular formula is C32H52O3. The summed E-state index contributed by atoms with van der Waals surface area (Å²) in [6.07, 6.45) is 13.8. The molecule has 0 heterocycles. The summed E-state index contributed by atoms with van der Waals surface area (Å²) < 4.78 is 18.6. The highest BCUT2D eigenvalue weighted by atomic mass is 16.7. The van der Waals surface area contributed by atoms with Gasteiger partial charge in [-0.05, 0) is 119 Å². The average molecular weight is 485 g/mol. The number of hydrogen-bond acceptors (Lipinski definition) is 3. The highest BCUT2D eigenvalue weighted by Crippen LogP contribution is 2.66. The number of hydrogen-bond donors (Lipinski definition) is 0. The Morgan fingerprint density at radius 1 is 1.03 bits per heavy atom. The third-order valence-corrected chi connectivity index (χ3v) is 10.6. The minimum absolute atomic E-state index is 0.121. The van der Waals surface area contributed by atoms with Gasteiger partial charge in [0.2, 0.25) is 0 Å². The van der Waals surface area contributed by atoms with Crippen LogP contribution in [0.1, 0.15) is 107 Å². The van der Waals surface area contributed by atoms with E-state index < -0.39 is 0 Å². The van der Waals surface area contributed by atoms with E-state index in [1.54, 1.807) is 16.7 Å². The largest absolute Gasteiger partial charge is 0.374 e. The first-order valence-corrected chi connectivity index (χ1v) is 14.4. The second-order valence-electron chi connectivity index (χ2n) is 13.2. The standard InChI is InChI=1S/C32H52O3/c1-10-33-23(5)35-29-16-19-32(9)27-15-18-31(8)25(22(4)34-20-17-21(2)3)12-13-26(31)24(27)11-14-28(32)30(29,6)7/h13,17,22-23,25,28-29H,10-12,14-16,18-20H2,1-9H3. The number of ether oxygens (including phenoxy) is 3. The molecule has 198 valence electrons. The molecule has 0 spiro atoms. The van der Waals surface area contributed by atoms with Crippen LogP contribution in [-0.2, 0) is 14.2 Å². The van der Waals surface area contributed by atoms with Crippen molar-refractivity contribution in [2.45, 2.75) is 126 Å². The Morgan fingerprint density at radius 2 is 1.77 bits per heavy atom.